The highest BCUT2D eigenvalue weighted by Crippen LogP contribution is 2.23. The molecule has 37 heavy (non-hydrogen) atoms. The lowest BCUT2D eigenvalue weighted by atomic mass is 10.0. The first-order valence-corrected chi connectivity index (χ1v) is 14.4. The first kappa shape index (κ1) is 30.2. The topological polar surface area (TPSA) is 96.0 Å². The minimum atomic E-state index is -3.54. The van der Waals surface area contributed by atoms with E-state index in [0.29, 0.717) is 24.3 Å². The lowest BCUT2D eigenvalue weighted by Crippen LogP contribution is -2.53. The van der Waals surface area contributed by atoms with Gasteiger partial charge in [-0.25, -0.2) is 8.42 Å². The molecule has 2 rings (SSSR count). The molecule has 0 aromatic heterocycles. The van der Waals surface area contributed by atoms with E-state index in [0.717, 1.165) is 11.1 Å². The number of rotatable bonds is 12. The molecule has 0 unspecified atom stereocenters. The van der Waals surface area contributed by atoms with Gasteiger partial charge in [0.2, 0.25) is 21.8 Å². The number of para-hydroxylation sites is 1. The summed E-state index contributed by atoms with van der Waals surface area (Å²) < 4.78 is 31.6. The number of ether oxygens (including phenoxy) is 1. The molecule has 1 atom stereocenters. The highest BCUT2D eigenvalue weighted by Gasteiger charge is 2.30. The van der Waals surface area contributed by atoms with E-state index in [1.807, 2.05) is 71.0 Å². The van der Waals surface area contributed by atoms with E-state index in [1.54, 1.807) is 24.1 Å². The van der Waals surface area contributed by atoms with Crippen LogP contribution in [0.3, 0.4) is 0 Å². The number of methoxy groups -OCH3 is 1. The van der Waals surface area contributed by atoms with E-state index in [1.165, 1.54) is 10.6 Å². The highest BCUT2D eigenvalue weighted by molar-refractivity contribution is 7.92. The number of hydrogen-bond acceptors (Lipinski definition) is 5. The van der Waals surface area contributed by atoms with Crippen LogP contribution < -0.4 is 14.4 Å². The van der Waals surface area contributed by atoms with Gasteiger partial charge in [0.15, 0.2) is 0 Å². The van der Waals surface area contributed by atoms with Gasteiger partial charge in [-0.1, -0.05) is 37.3 Å². The Hall–Kier alpha value is -3.07. The van der Waals surface area contributed by atoms with Crippen molar-refractivity contribution < 1.29 is 22.7 Å². The highest BCUT2D eigenvalue weighted by atomic mass is 32.2. The van der Waals surface area contributed by atoms with Crippen molar-refractivity contribution in [3.63, 3.8) is 0 Å². The second-order valence-corrected chi connectivity index (χ2v) is 12.2. The molecule has 0 saturated carbocycles. The molecule has 1 N–H and O–H groups in total. The predicted octanol–water partition coefficient (Wildman–Crippen LogP) is 4.27. The summed E-state index contributed by atoms with van der Waals surface area (Å²) in [6, 6.07) is 14.0. The van der Waals surface area contributed by atoms with Gasteiger partial charge in [0.25, 0.3) is 0 Å². The summed E-state index contributed by atoms with van der Waals surface area (Å²) in [6.07, 6.45) is 2.04. The van der Waals surface area contributed by atoms with Crippen molar-refractivity contribution >= 4 is 27.5 Å². The van der Waals surface area contributed by atoms with Gasteiger partial charge in [0.1, 0.15) is 11.8 Å². The van der Waals surface area contributed by atoms with Gasteiger partial charge in [-0.05, 0) is 69.9 Å². The predicted molar refractivity (Wildman–Crippen MR) is 148 cm³/mol. The van der Waals surface area contributed by atoms with E-state index in [4.69, 9.17) is 4.74 Å². The van der Waals surface area contributed by atoms with Crippen LogP contribution in [-0.4, -0.2) is 56.6 Å². The summed E-state index contributed by atoms with van der Waals surface area (Å²) in [6.45, 7) is 9.86. The van der Waals surface area contributed by atoms with Crippen molar-refractivity contribution in [2.75, 3.05) is 24.2 Å². The van der Waals surface area contributed by atoms with Crippen molar-refractivity contribution in [3.8, 4) is 5.75 Å². The molecule has 2 aromatic carbocycles. The number of benzene rings is 2. The molecule has 9 heteroatoms. The fourth-order valence-corrected chi connectivity index (χ4v) is 5.15. The van der Waals surface area contributed by atoms with E-state index in [2.05, 4.69) is 5.32 Å². The molecule has 0 spiro atoms. The number of carbonyl (C=O) groups is 2. The summed E-state index contributed by atoms with van der Waals surface area (Å²) in [5.74, 6) is 0.288. The molecule has 0 aliphatic carbocycles. The lowest BCUT2D eigenvalue weighted by molar-refractivity contribution is -0.142. The van der Waals surface area contributed by atoms with E-state index in [9.17, 15) is 18.0 Å². The molecule has 204 valence electrons. The first-order valence-electron chi connectivity index (χ1n) is 12.5. The van der Waals surface area contributed by atoms with E-state index >= 15 is 0 Å². The van der Waals surface area contributed by atoms with Crippen molar-refractivity contribution in [2.45, 2.75) is 72.0 Å². The normalized spacial score (nSPS) is 12.5. The van der Waals surface area contributed by atoms with Crippen LogP contribution in [0.2, 0.25) is 0 Å². The van der Waals surface area contributed by atoms with Crippen LogP contribution in [0.15, 0.2) is 48.5 Å². The number of amides is 2. The maximum absolute atomic E-state index is 13.5. The Labute approximate surface area is 222 Å². The Kier molecular flexibility index (Phi) is 10.5. The third-order valence-electron chi connectivity index (χ3n) is 5.93. The number of carbonyl (C=O) groups excluding carboxylic acids is 2. The number of nitrogens with one attached hydrogen (secondary N) is 1. The summed E-state index contributed by atoms with van der Waals surface area (Å²) in [4.78, 5) is 28.3. The van der Waals surface area contributed by atoms with Crippen molar-refractivity contribution in [2.24, 2.45) is 0 Å². The second kappa shape index (κ2) is 12.9. The third-order valence-corrected chi connectivity index (χ3v) is 7.11. The van der Waals surface area contributed by atoms with Gasteiger partial charge in [-0.2, -0.15) is 0 Å². The molecule has 0 fully saturated rings. The van der Waals surface area contributed by atoms with Crippen LogP contribution in [0, 0.1) is 6.92 Å². The van der Waals surface area contributed by atoms with Crippen LogP contribution in [0.1, 0.15) is 58.1 Å². The zero-order valence-electron chi connectivity index (χ0n) is 23.1. The number of sulfonamides is 1. The Bertz CT molecular complexity index is 1160. The number of anilines is 1. The minimum absolute atomic E-state index is 0.105. The fourth-order valence-electron chi connectivity index (χ4n) is 4.13. The Morgan fingerprint density at radius 2 is 1.68 bits per heavy atom. The van der Waals surface area contributed by atoms with Crippen LogP contribution in [0.25, 0.3) is 0 Å². The van der Waals surface area contributed by atoms with Gasteiger partial charge in [0.05, 0.1) is 19.1 Å². The van der Waals surface area contributed by atoms with Gasteiger partial charge >= 0.3 is 0 Å². The van der Waals surface area contributed by atoms with Crippen molar-refractivity contribution in [3.05, 3.63) is 59.7 Å². The third kappa shape index (κ3) is 9.07. The number of nitrogens with zero attached hydrogens (tertiary/aromatic N) is 2. The largest absolute Gasteiger partial charge is 0.497 e. The molecule has 0 heterocycles. The van der Waals surface area contributed by atoms with Crippen LogP contribution >= 0.6 is 0 Å². The van der Waals surface area contributed by atoms with E-state index < -0.39 is 21.6 Å². The van der Waals surface area contributed by atoms with Gasteiger partial charge in [0, 0.05) is 25.0 Å². The minimum Gasteiger partial charge on any atom is -0.497 e. The lowest BCUT2D eigenvalue weighted by Gasteiger charge is -2.33. The maximum Gasteiger partial charge on any atom is 0.243 e. The summed E-state index contributed by atoms with van der Waals surface area (Å²) >= 11 is 0. The first-order chi connectivity index (χ1) is 17.3. The zero-order valence-corrected chi connectivity index (χ0v) is 23.9. The van der Waals surface area contributed by atoms with Gasteiger partial charge in [-0.15, -0.1) is 0 Å². The van der Waals surface area contributed by atoms with E-state index in [-0.39, 0.29) is 31.3 Å². The second-order valence-electron chi connectivity index (χ2n) is 10.3. The fraction of sp³-hybridized carbons (Fsp3) is 0.500. The average molecular weight is 532 g/mol. The smallest absolute Gasteiger partial charge is 0.243 e. The zero-order chi connectivity index (χ0) is 27.8. The SMILES string of the molecule is CC[C@H](C(=O)NC(C)(C)C)N(Cc1ccc(OC)cc1)C(=O)CCCN(c1ccccc1C)S(C)(=O)=O. The maximum atomic E-state index is 13.5. The monoisotopic (exact) mass is 531 g/mol. The molecule has 0 aliphatic heterocycles. The summed E-state index contributed by atoms with van der Waals surface area (Å²) in [7, 11) is -1.95. The average Bonchev–Trinajstić information content (AvgIpc) is 2.80. The molecule has 2 aromatic rings. The standard InChI is InChI=1S/C28H41N3O5S/c1-8-24(27(33)29-28(3,4)5)30(20-22-15-17-23(36-6)18-16-22)26(32)14-11-19-31(37(7,34)35)25-13-10-9-12-21(25)2/h9-10,12-13,15-18,24H,8,11,14,19-20H2,1-7H3,(H,29,33)/t24-/m1/s1. The van der Waals surface area contributed by atoms with Crippen LogP contribution in [0.4, 0.5) is 5.69 Å². The van der Waals surface area contributed by atoms with Crippen LogP contribution in [-0.2, 0) is 26.2 Å². The molecule has 0 aliphatic rings. The van der Waals surface area contributed by atoms with Crippen molar-refractivity contribution in [1.29, 1.82) is 0 Å². The van der Waals surface area contributed by atoms with Crippen LogP contribution in [0.5, 0.6) is 5.75 Å². The molecular formula is C28H41N3O5S. The molecule has 0 radical (unpaired) electrons. The molecule has 0 bridgehead atoms. The number of hydrogen-bond donors (Lipinski definition) is 1. The molecular weight excluding hydrogens is 490 g/mol. The van der Waals surface area contributed by atoms with Crippen molar-refractivity contribution in [1.82, 2.24) is 10.2 Å². The number of aryl methyl sites for hydroxylation is 1. The molecule has 8 nitrogen and oxygen atoms in total. The molecule has 0 saturated heterocycles. The summed E-state index contributed by atoms with van der Waals surface area (Å²) in [5.41, 5.74) is 1.87. The summed E-state index contributed by atoms with van der Waals surface area (Å²) in [5, 5.41) is 2.99. The van der Waals surface area contributed by atoms with Gasteiger partial charge in [-0.3, -0.25) is 13.9 Å². The van der Waals surface area contributed by atoms with Gasteiger partial charge < -0.3 is 15.0 Å². The Morgan fingerprint density at radius 3 is 2.19 bits per heavy atom. The Morgan fingerprint density at radius 1 is 1.05 bits per heavy atom. The Balaban J connectivity index is 2.25. The quantitative estimate of drug-likeness (QED) is 0.441. The molecule has 2 amide bonds.